The molecule has 1 aromatic heterocycles. The second-order valence-corrected chi connectivity index (χ2v) is 23.1. The number of hydrogen-bond acceptors (Lipinski definition) is 2. The number of aliphatic imine (C=N–C) groups is 2. The van der Waals surface area contributed by atoms with Gasteiger partial charge in [0.25, 0.3) is 0 Å². The van der Waals surface area contributed by atoms with E-state index in [9.17, 15) is 0 Å². The maximum atomic E-state index is 5.94. The van der Waals surface area contributed by atoms with Crippen LogP contribution >= 0.6 is 0 Å². The van der Waals surface area contributed by atoms with Gasteiger partial charge in [-0.25, -0.2) is 9.98 Å². The Morgan fingerprint density at radius 1 is 0.291 bits per heavy atom. The number of rotatable bonds is 9. The number of benzene rings is 13. The third-order valence-electron chi connectivity index (χ3n) is 18.3. The Kier molecular flexibility index (Phi) is 11.6. The molecule has 3 aliphatic rings. The third-order valence-corrected chi connectivity index (χ3v) is 18.3. The van der Waals surface area contributed by atoms with Crippen molar-refractivity contribution in [3.63, 3.8) is 0 Å². The maximum Gasteiger partial charge on any atom is 0.156 e. The van der Waals surface area contributed by atoms with Crippen molar-refractivity contribution in [2.24, 2.45) is 9.98 Å². The summed E-state index contributed by atoms with van der Waals surface area (Å²) in [6.45, 7) is 0. The molecule has 13 aromatic carbocycles. The van der Waals surface area contributed by atoms with E-state index in [1.807, 2.05) is 0 Å². The molecule has 402 valence electrons. The molecule has 1 spiro atoms. The first-order chi connectivity index (χ1) is 42.6. The van der Waals surface area contributed by atoms with Crippen molar-refractivity contribution in [3.05, 3.63) is 349 Å². The van der Waals surface area contributed by atoms with E-state index in [0.717, 1.165) is 44.6 Å². The lowest BCUT2D eigenvalue weighted by molar-refractivity contribution is 0.572. The number of aromatic nitrogens is 1. The molecule has 14 aromatic rings. The van der Waals surface area contributed by atoms with E-state index in [-0.39, 0.29) is 6.17 Å². The molecule has 3 nitrogen and oxygen atoms in total. The van der Waals surface area contributed by atoms with E-state index < -0.39 is 5.41 Å². The van der Waals surface area contributed by atoms with Crippen molar-refractivity contribution < 1.29 is 0 Å². The van der Waals surface area contributed by atoms with Gasteiger partial charge in [0.05, 0.1) is 22.2 Å². The first kappa shape index (κ1) is 49.6. The Labute approximate surface area is 500 Å². The second kappa shape index (κ2) is 20.1. The number of amidine groups is 1. The molecule has 0 amide bonds. The summed E-state index contributed by atoms with van der Waals surface area (Å²) in [5.41, 5.74) is 29.2. The number of para-hydroxylation sites is 1. The van der Waals surface area contributed by atoms with Gasteiger partial charge in [-0.05, 0) is 166 Å². The lowest BCUT2D eigenvalue weighted by Gasteiger charge is -2.30. The first-order valence-corrected chi connectivity index (χ1v) is 29.9. The molecule has 17 rings (SSSR count). The van der Waals surface area contributed by atoms with E-state index in [1.54, 1.807) is 0 Å². The Hall–Kier alpha value is -11.0. The number of nitrogens with zero attached hydrogens (tertiary/aromatic N) is 3. The van der Waals surface area contributed by atoms with Gasteiger partial charge in [0, 0.05) is 28.3 Å². The average molecular weight is 1090 g/mol. The van der Waals surface area contributed by atoms with Crippen LogP contribution in [-0.4, -0.2) is 16.1 Å². The van der Waals surface area contributed by atoms with Crippen LogP contribution in [0.2, 0.25) is 0 Å². The molecule has 0 bridgehead atoms. The summed E-state index contributed by atoms with van der Waals surface area (Å²) in [5, 5.41) is 2.43. The molecule has 0 saturated carbocycles. The zero-order chi connectivity index (χ0) is 56.7. The van der Waals surface area contributed by atoms with Gasteiger partial charge < -0.3 is 4.57 Å². The molecule has 2 heterocycles. The van der Waals surface area contributed by atoms with Crippen molar-refractivity contribution in [2.75, 3.05) is 0 Å². The Bertz CT molecular complexity index is 4910. The summed E-state index contributed by atoms with van der Waals surface area (Å²) in [6, 6.07) is 116. The fraction of sp³-hybridized carbons (Fsp3) is 0.0361. The molecule has 0 N–H and O–H groups in total. The van der Waals surface area contributed by atoms with Crippen LogP contribution in [0.15, 0.2) is 325 Å². The van der Waals surface area contributed by atoms with Crippen molar-refractivity contribution in [3.8, 4) is 89.0 Å². The molecule has 86 heavy (non-hydrogen) atoms. The van der Waals surface area contributed by atoms with Crippen molar-refractivity contribution >= 4 is 33.4 Å². The average Bonchev–Trinajstić information content (AvgIpc) is 1.51. The molecule has 2 aliphatic carbocycles. The van der Waals surface area contributed by atoms with E-state index >= 15 is 0 Å². The zero-order valence-electron chi connectivity index (χ0n) is 47.1. The van der Waals surface area contributed by atoms with Crippen LogP contribution in [-0.2, 0) is 5.41 Å². The van der Waals surface area contributed by atoms with Crippen LogP contribution in [0.3, 0.4) is 0 Å². The molecule has 0 saturated heterocycles. The number of hydrogen-bond donors (Lipinski definition) is 0. The minimum Gasteiger partial charge on any atom is -0.316 e. The van der Waals surface area contributed by atoms with Crippen LogP contribution in [0.5, 0.6) is 0 Å². The van der Waals surface area contributed by atoms with Gasteiger partial charge in [-0.2, -0.15) is 0 Å². The summed E-state index contributed by atoms with van der Waals surface area (Å²) in [4.78, 5) is 11.7. The van der Waals surface area contributed by atoms with Crippen molar-refractivity contribution in [1.82, 2.24) is 4.57 Å². The van der Waals surface area contributed by atoms with E-state index in [1.165, 1.54) is 105 Å². The third kappa shape index (κ3) is 7.96. The highest BCUT2D eigenvalue weighted by Gasteiger charge is 2.52. The van der Waals surface area contributed by atoms with Crippen LogP contribution in [0, 0.1) is 0 Å². The lowest BCUT2D eigenvalue weighted by atomic mass is 9.70. The van der Waals surface area contributed by atoms with Gasteiger partial charge in [-0.1, -0.05) is 261 Å². The maximum absolute atomic E-state index is 5.94. The monoisotopic (exact) mass is 1090 g/mol. The summed E-state index contributed by atoms with van der Waals surface area (Å²) in [5.74, 6) is 0.706. The molecular weight excluding hydrogens is 1040 g/mol. The van der Waals surface area contributed by atoms with E-state index in [0.29, 0.717) is 12.3 Å². The SMILES string of the molecule is c1ccc(-c2cc(-c3ccccc3)cc(-c3cccc(C4=NC(c5cccc(-c6cc(-c7ccccc7)cc(-c7ccccc7)c6)c5)=NC(n5c6ccccc6c6ccc7c(c65)-c5ccccc5C75c6ccccc6-c6ccccc65)C4)c3)c2)cc1. The van der Waals surface area contributed by atoms with Crippen LogP contribution in [0.1, 0.15) is 46.0 Å². The van der Waals surface area contributed by atoms with E-state index in [4.69, 9.17) is 9.98 Å². The Balaban J connectivity index is 0.881. The van der Waals surface area contributed by atoms with Gasteiger partial charge in [-0.15, -0.1) is 0 Å². The summed E-state index contributed by atoms with van der Waals surface area (Å²) >= 11 is 0. The summed E-state index contributed by atoms with van der Waals surface area (Å²) in [6.07, 6.45) is 0.198. The fourth-order valence-electron chi connectivity index (χ4n) is 14.5. The molecule has 1 aliphatic heterocycles. The van der Waals surface area contributed by atoms with Gasteiger partial charge in [-0.3, -0.25) is 0 Å². The van der Waals surface area contributed by atoms with Gasteiger partial charge in [0.15, 0.2) is 5.84 Å². The van der Waals surface area contributed by atoms with Crippen LogP contribution in [0.4, 0.5) is 0 Å². The van der Waals surface area contributed by atoms with E-state index in [2.05, 4.69) is 320 Å². The second-order valence-electron chi connectivity index (χ2n) is 23.1. The fourth-order valence-corrected chi connectivity index (χ4v) is 14.5. The standard InChI is InChI=1S/C83H55N3/c1-5-23-54(24-6-1)62-47-63(55-25-7-2-8-26-55)50-66(49-62)58-31-21-33-60(45-58)77-53-79(85-82(84-77)61-34-22-32-59(46-61)67-51-64(56-27-9-3-10-28-56)48-65(52-67)57-29-11-4-12-30-57)86-78-42-20-16-37-70(78)71-43-44-76-80(81(71)86)72-38-15-19-41-75(72)83(76)73-39-17-13-35-68(73)69-36-14-18-40-74(69)83/h1-52,79H,53H2. The minimum atomic E-state index is -0.501. The Morgan fingerprint density at radius 2 is 0.674 bits per heavy atom. The van der Waals surface area contributed by atoms with Crippen molar-refractivity contribution in [2.45, 2.75) is 18.0 Å². The lowest BCUT2D eigenvalue weighted by Crippen LogP contribution is -2.25. The summed E-state index contributed by atoms with van der Waals surface area (Å²) in [7, 11) is 0. The molecule has 1 unspecified atom stereocenters. The highest BCUT2D eigenvalue weighted by atomic mass is 15.2. The Morgan fingerprint density at radius 3 is 1.20 bits per heavy atom. The largest absolute Gasteiger partial charge is 0.316 e. The summed E-state index contributed by atoms with van der Waals surface area (Å²) < 4.78 is 2.58. The number of fused-ring (bicyclic) bond motifs is 14. The smallest absolute Gasteiger partial charge is 0.156 e. The molecule has 1 atom stereocenters. The minimum absolute atomic E-state index is 0.372. The van der Waals surface area contributed by atoms with Gasteiger partial charge in [0.2, 0.25) is 0 Å². The quantitative estimate of drug-likeness (QED) is 0.138. The molecule has 3 heteroatoms. The topological polar surface area (TPSA) is 29.6 Å². The highest BCUT2D eigenvalue weighted by Crippen LogP contribution is 2.64. The predicted octanol–water partition coefficient (Wildman–Crippen LogP) is 21.0. The van der Waals surface area contributed by atoms with Crippen LogP contribution < -0.4 is 0 Å². The molecule has 0 fully saturated rings. The van der Waals surface area contributed by atoms with Gasteiger partial charge >= 0.3 is 0 Å². The predicted molar refractivity (Wildman–Crippen MR) is 358 cm³/mol. The molecular formula is C83H55N3. The molecule has 0 radical (unpaired) electrons. The van der Waals surface area contributed by atoms with Gasteiger partial charge in [0.1, 0.15) is 6.17 Å². The zero-order valence-corrected chi connectivity index (χ0v) is 47.1. The first-order valence-electron chi connectivity index (χ1n) is 29.9. The highest BCUT2D eigenvalue weighted by molar-refractivity contribution is 6.18. The van der Waals surface area contributed by atoms with Crippen molar-refractivity contribution in [1.29, 1.82) is 0 Å². The normalized spacial score (nSPS) is 14.3. The van der Waals surface area contributed by atoms with Crippen LogP contribution in [0.25, 0.3) is 111 Å².